The highest BCUT2D eigenvalue weighted by atomic mass is 16.3. The molecule has 0 spiro atoms. The van der Waals surface area contributed by atoms with Gasteiger partial charge in [0.25, 0.3) is 11.8 Å². The van der Waals surface area contributed by atoms with E-state index in [1.54, 1.807) is 66.9 Å². The highest BCUT2D eigenvalue weighted by Crippen LogP contribution is 2.26. The Kier molecular flexibility index (Phi) is 7.19. The SMILES string of the molecule is O=C(NCc1ccco1)c1ccccc1NC(=O)c1ccccc1NC(=O)C1CCCCC1. The van der Waals surface area contributed by atoms with Gasteiger partial charge in [0.1, 0.15) is 5.76 Å². The molecule has 3 N–H and O–H groups in total. The van der Waals surface area contributed by atoms with E-state index in [1.165, 1.54) is 0 Å². The molecule has 170 valence electrons. The third kappa shape index (κ3) is 5.68. The molecule has 0 unspecified atom stereocenters. The monoisotopic (exact) mass is 445 g/mol. The largest absolute Gasteiger partial charge is 0.467 e. The molecule has 33 heavy (non-hydrogen) atoms. The summed E-state index contributed by atoms with van der Waals surface area (Å²) >= 11 is 0. The lowest BCUT2D eigenvalue weighted by Crippen LogP contribution is -2.27. The fourth-order valence-corrected chi connectivity index (χ4v) is 4.05. The molecule has 1 fully saturated rings. The van der Waals surface area contributed by atoms with E-state index < -0.39 is 5.91 Å². The van der Waals surface area contributed by atoms with Crippen LogP contribution in [0.5, 0.6) is 0 Å². The van der Waals surface area contributed by atoms with Crippen molar-refractivity contribution in [2.75, 3.05) is 10.6 Å². The molecule has 7 nitrogen and oxygen atoms in total. The maximum atomic E-state index is 13.1. The van der Waals surface area contributed by atoms with Crippen molar-refractivity contribution in [2.24, 2.45) is 5.92 Å². The van der Waals surface area contributed by atoms with Crippen molar-refractivity contribution < 1.29 is 18.8 Å². The van der Waals surface area contributed by atoms with Crippen LogP contribution in [0, 0.1) is 5.92 Å². The van der Waals surface area contributed by atoms with Crippen molar-refractivity contribution in [3.05, 3.63) is 83.8 Å². The Morgan fingerprint density at radius 2 is 1.39 bits per heavy atom. The maximum Gasteiger partial charge on any atom is 0.257 e. The third-order valence-corrected chi connectivity index (χ3v) is 5.83. The Labute approximate surface area is 192 Å². The number of hydrogen-bond donors (Lipinski definition) is 3. The first-order valence-electron chi connectivity index (χ1n) is 11.2. The summed E-state index contributed by atoms with van der Waals surface area (Å²) < 4.78 is 5.24. The summed E-state index contributed by atoms with van der Waals surface area (Å²) in [5.74, 6) is -0.171. The van der Waals surface area contributed by atoms with Gasteiger partial charge < -0.3 is 20.4 Å². The van der Waals surface area contributed by atoms with Crippen molar-refractivity contribution >= 4 is 29.1 Å². The van der Waals surface area contributed by atoms with E-state index in [2.05, 4.69) is 16.0 Å². The van der Waals surface area contributed by atoms with Crippen LogP contribution in [0.1, 0.15) is 58.6 Å². The van der Waals surface area contributed by atoms with Crippen LogP contribution in [0.4, 0.5) is 11.4 Å². The van der Waals surface area contributed by atoms with Gasteiger partial charge in [-0.15, -0.1) is 0 Å². The Bertz CT molecular complexity index is 1120. The minimum absolute atomic E-state index is 0.0200. The molecule has 1 saturated carbocycles. The van der Waals surface area contributed by atoms with E-state index in [4.69, 9.17) is 4.42 Å². The van der Waals surface area contributed by atoms with Crippen LogP contribution in [-0.2, 0) is 11.3 Å². The Morgan fingerprint density at radius 1 is 0.758 bits per heavy atom. The number of rotatable bonds is 7. The van der Waals surface area contributed by atoms with Gasteiger partial charge in [-0.2, -0.15) is 0 Å². The van der Waals surface area contributed by atoms with Gasteiger partial charge in [-0.1, -0.05) is 43.5 Å². The van der Waals surface area contributed by atoms with Crippen molar-refractivity contribution in [3.63, 3.8) is 0 Å². The standard InChI is InChI=1S/C26H27N3O4/c30-24(18-9-2-1-3-10-18)28-23-15-7-5-13-21(23)26(32)29-22-14-6-4-12-20(22)25(31)27-17-19-11-8-16-33-19/h4-8,11-16,18H,1-3,9-10,17H2,(H,27,31)(H,28,30)(H,29,32). The van der Waals surface area contributed by atoms with Gasteiger partial charge in [0.2, 0.25) is 5.91 Å². The first-order chi connectivity index (χ1) is 16.1. The smallest absolute Gasteiger partial charge is 0.257 e. The van der Waals surface area contributed by atoms with Crippen LogP contribution in [0.15, 0.2) is 71.3 Å². The number of nitrogens with one attached hydrogen (secondary N) is 3. The van der Waals surface area contributed by atoms with Crippen LogP contribution in [0.3, 0.4) is 0 Å². The second-order valence-corrected chi connectivity index (χ2v) is 8.13. The lowest BCUT2D eigenvalue weighted by molar-refractivity contribution is -0.120. The van der Waals surface area contributed by atoms with Gasteiger partial charge in [-0.25, -0.2) is 0 Å². The summed E-state index contributed by atoms with van der Waals surface area (Å²) in [5.41, 5.74) is 1.52. The number of furan rings is 1. The summed E-state index contributed by atoms with van der Waals surface area (Å²) in [4.78, 5) is 38.5. The number of hydrogen-bond acceptors (Lipinski definition) is 4. The highest BCUT2D eigenvalue weighted by molar-refractivity contribution is 6.12. The molecule has 2 aromatic carbocycles. The van der Waals surface area contributed by atoms with Gasteiger partial charge >= 0.3 is 0 Å². The van der Waals surface area contributed by atoms with E-state index in [-0.39, 0.29) is 24.3 Å². The van der Waals surface area contributed by atoms with Gasteiger partial charge in [-0.05, 0) is 49.2 Å². The molecule has 0 radical (unpaired) electrons. The fraction of sp³-hybridized carbons (Fsp3) is 0.269. The van der Waals surface area contributed by atoms with Gasteiger partial charge in [0.15, 0.2) is 0 Å². The normalized spacial score (nSPS) is 13.8. The fourth-order valence-electron chi connectivity index (χ4n) is 4.05. The predicted octanol–water partition coefficient (Wildman–Crippen LogP) is 4.98. The van der Waals surface area contributed by atoms with Crippen LogP contribution >= 0.6 is 0 Å². The molecule has 1 aliphatic rings. The molecule has 0 atom stereocenters. The summed E-state index contributed by atoms with van der Waals surface area (Å²) in [7, 11) is 0. The maximum absolute atomic E-state index is 13.1. The Balaban J connectivity index is 1.46. The van der Waals surface area contributed by atoms with Crippen molar-refractivity contribution in [2.45, 2.75) is 38.6 Å². The molecular formula is C26H27N3O4. The first-order valence-corrected chi connectivity index (χ1v) is 11.2. The zero-order valence-electron chi connectivity index (χ0n) is 18.3. The summed E-state index contributed by atoms with van der Waals surface area (Å²) in [6.45, 7) is 0.240. The average molecular weight is 446 g/mol. The van der Waals surface area contributed by atoms with E-state index in [0.29, 0.717) is 28.3 Å². The second-order valence-electron chi connectivity index (χ2n) is 8.13. The number of benzene rings is 2. The number of carbonyl (C=O) groups excluding carboxylic acids is 3. The number of carbonyl (C=O) groups is 3. The summed E-state index contributed by atoms with van der Waals surface area (Å²) in [6.07, 6.45) is 6.57. The van der Waals surface area contributed by atoms with Crippen LogP contribution < -0.4 is 16.0 Å². The molecule has 1 aromatic heterocycles. The number of amides is 3. The van der Waals surface area contributed by atoms with Gasteiger partial charge in [0.05, 0.1) is 35.3 Å². The van der Waals surface area contributed by atoms with Gasteiger partial charge in [0, 0.05) is 5.92 Å². The lowest BCUT2D eigenvalue weighted by atomic mass is 9.88. The van der Waals surface area contributed by atoms with E-state index in [9.17, 15) is 14.4 Å². The molecule has 7 heteroatoms. The van der Waals surface area contributed by atoms with E-state index >= 15 is 0 Å². The molecule has 1 aliphatic carbocycles. The average Bonchev–Trinajstić information content (AvgIpc) is 3.37. The molecule has 0 aliphatic heterocycles. The van der Waals surface area contributed by atoms with E-state index in [0.717, 1.165) is 32.1 Å². The van der Waals surface area contributed by atoms with Crippen molar-refractivity contribution in [1.29, 1.82) is 0 Å². The Morgan fingerprint density at radius 3 is 2.06 bits per heavy atom. The first kappa shape index (κ1) is 22.3. The summed E-state index contributed by atoms with van der Waals surface area (Å²) in [5, 5.41) is 8.54. The van der Waals surface area contributed by atoms with Crippen molar-refractivity contribution in [1.82, 2.24) is 5.32 Å². The van der Waals surface area contributed by atoms with Crippen molar-refractivity contribution in [3.8, 4) is 0 Å². The van der Waals surface area contributed by atoms with Gasteiger partial charge in [-0.3, -0.25) is 14.4 Å². The molecule has 1 heterocycles. The minimum Gasteiger partial charge on any atom is -0.467 e. The molecule has 3 aromatic rings. The van der Waals surface area contributed by atoms with E-state index in [1.807, 2.05) is 0 Å². The zero-order valence-corrected chi connectivity index (χ0v) is 18.3. The molecule has 3 amide bonds. The lowest BCUT2D eigenvalue weighted by Gasteiger charge is -2.21. The molecule has 4 rings (SSSR count). The molecule has 0 saturated heterocycles. The zero-order chi connectivity index (χ0) is 23.0. The predicted molar refractivity (Wildman–Crippen MR) is 126 cm³/mol. The topological polar surface area (TPSA) is 100 Å². The number of para-hydroxylation sites is 2. The quantitative estimate of drug-likeness (QED) is 0.477. The highest BCUT2D eigenvalue weighted by Gasteiger charge is 2.23. The minimum atomic E-state index is -0.402. The molecular weight excluding hydrogens is 418 g/mol. The Hall–Kier alpha value is -3.87. The van der Waals surface area contributed by atoms with Crippen LogP contribution in [0.25, 0.3) is 0 Å². The van der Waals surface area contributed by atoms with Crippen LogP contribution in [0.2, 0.25) is 0 Å². The number of anilines is 2. The molecule has 0 bridgehead atoms. The summed E-state index contributed by atoms with van der Waals surface area (Å²) in [6, 6.07) is 17.2. The van der Waals surface area contributed by atoms with Crippen LogP contribution in [-0.4, -0.2) is 17.7 Å². The second kappa shape index (κ2) is 10.6. The third-order valence-electron chi connectivity index (χ3n) is 5.83.